The van der Waals surface area contributed by atoms with Crippen molar-refractivity contribution in [1.82, 2.24) is 25.0 Å². The highest BCUT2D eigenvalue weighted by molar-refractivity contribution is 7.90. The van der Waals surface area contributed by atoms with Crippen LogP contribution in [0.15, 0.2) is 42.1 Å². The van der Waals surface area contributed by atoms with Gasteiger partial charge in [0.2, 0.25) is 17.7 Å². The van der Waals surface area contributed by atoms with Crippen LogP contribution in [-0.4, -0.2) is 56.1 Å². The van der Waals surface area contributed by atoms with E-state index in [4.69, 9.17) is 9.47 Å². The summed E-state index contributed by atoms with van der Waals surface area (Å²) >= 11 is 0. The van der Waals surface area contributed by atoms with Crippen LogP contribution in [0.25, 0.3) is 0 Å². The molecular formula is C16H18N6O6S. The van der Waals surface area contributed by atoms with Gasteiger partial charge in [-0.2, -0.15) is 18.4 Å². The third-order valence-corrected chi connectivity index (χ3v) is 4.52. The van der Waals surface area contributed by atoms with Crippen molar-refractivity contribution in [2.24, 2.45) is 0 Å². The summed E-state index contributed by atoms with van der Waals surface area (Å²) in [6.45, 7) is 3.58. The molecular weight excluding hydrogens is 404 g/mol. The van der Waals surface area contributed by atoms with E-state index in [1.54, 1.807) is 4.72 Å². The molecule has 2 heterocycles. The van der Waals surface area contributed by atoms with Crippen LogP contribution in [-0.2, 0) is 10.0 Å². The van der Waals surface area contributed by atoms with Crippen molar-refractivity contribution < 1.29 is 27.5 Å². The van der Waals surface area contributed by atoms with Gasteiger partial charge in [0.25, 0.3) is 15.9 Å². The van der Waals surface area contributed by atoms with Crippen LogP contribution in [0.4, 0.5) is 10.7 Å². The normalized spacial score (nSPS) is 10.6. The van der Waals surface area contributed by atoms with Crippen LogP contribution in [0.5, 0.6) is 11.8 Å². The summed E-state index contributed by atoms with van der Waals surface area (Å²) in [6.07, 6.45) is 2.60. The first-order chi connectivity index (χ1) is 13.8. The van der Waals surface area contributed by atoms with Gasteiger partial charge in [0.15, 0.2) is 5.03 Å². The molecule has 0 aromatic carbocycles. The van der Waals surface area contributed by atoms with Crippen molar-refractivity contribution in [3.8, 4) is 11.8 Å². The molecule has 12 nitrogen and oxygen atoms in total. The highest BCUT2D eigenvalue weighted by atomic mass is 32.2. The van der Waals surface area contributed by atoms with E-state index in [1.807, 2.05) is 0 Å². The van der Waals surface area contributed by atoms with E-state index in [9.17, 15) is 18.0 Å². The molecule has 0 atom stereocenters. The number of amides is 3. The van der Waals surface area contributed by atoms with Crippen LogP contribution in [0.3, 0.4) is 0 Å². The maximum atomic E-state index is 12.6. The third-order valence-electron chi connectivity index (χ3n) is 3.23. The number of rotatable bonds is 8. The van der Waals surface area contributed by atoms with Crippen LogP contribution < -0.4 is 24.8 Å². The van der Waals surface area contributed by atoms with Crippen LogP contribution in [0.1, 0.15) is 10.4 Å². The zero-order valence-electron chi connectivity index (χ0n) is 15.5. The number of anilines is 1. The molecule has 0 bridgehead atoms. The minimum absolute atomic E-state index is 0.0842. The van der Waals surface area contributed by atoms with Crippen LogP contribution >= 0.6 is 0 Å². The zero-order chi connectivity index (χ0) is 21.4. The molecule has 0 spiro atoms. The number of hydrogen-bond acceptors (Lipinski definition) is 9. The average molecular weight is 422 g/mol. The van der Waals surface area contributed by atoms with E-state index in [0.717, 1.165) is 0 Å². The molecule has 13 heteroatoms. The number of ether oxygens (including phenoxy) is 2. The molecule has 154 valence electrons. The Morgan fingerprint density at radius 2 is 1.86 bits per heavy atom. The van der Waals surface area contributed by atoms with Crippen LogP contribution in [0, 0.1) is 0 Å². The molecule has 29 heavy (non-hydrogen) atoms. The van der Waals surface area contributed by atoms with Gasteiger partial charge in [-0.25, -0.2) is 14.5 Å². The number of hydrogen-bond donors (Lipinski definition) is 3. The van der Waals surface area contributed by atoms with Crippen molar-refractivity contribution in [2.75, 3.05) is 26.1 Å². The van der Waals surface area contributed by atoms with Gasteiger partial charge in [-0.15, -0.1) is 6.58 Å². The molecule has 2 aromatic rings. The molecule has 3 amide bonds. The highest BCUT2D eigenvalue weighted by Crippen LogP contribution is 2.17. The second-order valence-electron chi connectivity index (χ2n) is 5.19. The minimum Gasteiger partial charge on any atom is -0.481 e. The second kappa shape index (κ2) is 9.45. The fourth-order valence-corrected chi connectivity index (χ4v) is 3.05. The summed E-state index contributed by atoms with van der Waals surface area (Å²) in [7, 11) is -1.80. The minimum atomic E-state index is -4.49. The fraction of sp³-hybridized carbons (Fsp3) is 0.188. The fourth-order valence-electron chi connectivity index (χ4n) is 2.00. The number of methoxy groups -OCH3 is 2. The average Bonchev–Trinajstić information content (AvgIpc) is 2.71. The van der Waals surface area contributed by atoms with Crippen molar-refractivity contribution in [2.45, 2.75) is 5.03 Å². The van der Waals surface area contributed by atoms with Crippen molar-refractivity contribution >= 4 is 27.9 Å². The highest BCUT2D eigenvalue weighted by Gasteiger charge is 2.26. The Kier molecular flexibility index (Phi) is 7.03. The largest absolute Gasteiger partial charge is 0.481 e. The first-order valence-corrected chi connectivity index (χ1v) is 9.44. The third kappa shape index (κ3) is 5.62. The monoisotopic (exact) mass is 422 g/mol. The Labute approximate surface area is 166 Å². The van der Waals surface area contributed by atoms with E-state index in [2.05, 4.69) is 32.2 Å². The SMILES string of the molecule is C=CCNC(=O)c1cccnc1S(=O)(=O)NC(=O)Nc1nc(OC)cc(OC)n1. The Morgan fingerprint density at radius 1 is 1.21 bits per heavy atom. The Hall–Kier alpha value is -3.74. The van der Waals surface area contributed by atoms with E-state index < -0.39 is 27.0 Å². The molecule has 0 fully saturated rings. The van der Waals surface area contributed by atoms with Gasteiger partial charge in [-0.05, 0) is 12.1 Å². The van der Waals surface area contributed by atoms with Gasteiger partial charge in [0.05, 0.1) is 25.8 Å². The molecule has 0 radical (unpaired) electrons. The summed E-state index contributed by atoms with van der Waals surface area (Å²) in [6, 6.07) is 2.83. The van der Waals surface area contributed by atoms with Crippen molar-refractivity contribution in [3.05, 3.63) is 42.6 Å². The van der Waals surface area contributed by atoms with Crippen LogP contribution in [0.2, 0.25) is 0 Å². The Morgan fingerprint density at radius 3 is 2.45 bits per heavy atom. The molecule has 0 aliphatic carbocycles. The van der Waals surface area contributed by atoms with Gasteiger partial charge in [-0.3, -0.25) is 10.1 Å². The van der Waals surface area contributed by atoms with Crippen molar-refractivity contribution in [1.29, 1.82) is 0 Å². The maximum Gasteiger partial charge on any atom is 0.335 e. The molecule has 0 unspecified atom stereocenters. The Balaban J connectivity index is 2.23. The maximum absolute atomic E-state index is 12.6. The van der Waals surface area contributed by atoms with E-state index in [-0.39, 0.29) is 29.8 Å². The van der Waals surface area contributed by atoms with Gasteiger partial charge in [-0.1, -0.05) is 6.08 Å². The number of carbonyl (C=O) groups is 2. The summed E-state index contributed by atoms with van der Waals surface area (Å²) in [5.41, 5.74) is -0.242. The first-order valence-electron chi connectivity index (χ1n) is 7.95. The van der Waals surface area contributed by atoms with Crippen molar-refractivity contribution in [3.63, 3.8) is 0 Å². The number of aromatic nitrogens is 3. The summed E-state index contributed by atoms with van der Waals surface area (Å²) < 4.78 is 36.7. The van der Waals surface area contributed by atoms with E-state index in [0.29, 0.717) is 0 Å². The van der Waals surface area contributed by atoms with Gasteiger partial charge >= 0.3 is 6.03 Å². The van der Waals surface area contributed by atoms with E-state index >= 15 is 0 Å². The summed E-state index contributed by atoms with van der Waals surface area (Å²) in [5, 5.41) is 3.97. The summed E-state index contributed by atoms with van der Waals surface area (Å²) in [4.78, 5) is 35.7. The predicted molar refractivity (Wildman–Crippen MR) is 101 cm³/mol. The molecule has 3 N–H and O–H groups in total. The number of urea groups is 1. The van der Waals surface area contributed by atoms with Gasteiger partial charge < -0.3 is 14.8 Å². The predicted octanol–water partition coefficient (Wildman–Crippen LogP) is 0.315. The lowest BCUT2D eigenvalue weighted by Gasteiger charge is -2.11. The quantitative estimate of drug-likeness (QED) is 0.508. The molecule has 0 saturated heterocycles. The number of pyridine rings is 1. The molecule has 2 rings (SSSR count). The summed E-state index contributed by atoms with van der Waals surface area (Å²) in [5.74, 6) is -0.791. The number of sulfonamides is 1. The number of carbonyl (C=O) groups excluding carboxylic acids is 2. The number of nitrogens with one attached hydrogen (secondary N) is 3. The lowest BCUT2D eigenvalue weighted by Crippen LogP contribution is -2.37. The number of nitrogens with zero attached hydrogens (tertiary/aromatic N) is 3. The smallest absolute Gasteiger partial charge is 0.335 e. The Bertz CT molecular complexity index is 1000. The lowest BCUT2D eigenvalue weighted by molar-refractivity contribution is 0.0954. The molecule has 0 saturated carbocycles. The lowest BCUT2D eigenvalue weighted by atomic mass is 10.2. The van der Waals surface area contributed by atoms with Gasteiger partial charge in [0.1, 0.15) is 0 Å². The van der Waals surface area contributed by atoms with Gasteiger partial charge in [0, 0.05) is 12.7 Å². The topological polar surface area (TPSA) is 161 Å². The molecule has 2 aromatic heterocycles. The second-order valence-corrected chi connectivity index (χ2v) is 6.79. The zero-order valence-corrected chi connectivity index (χ0v) is 16.3. The van der Waals surface area contributed by atoms with E-state index in [1.165, 1.54) is 44.7 Å². The molecule has 0 aliphatic heterocycles. The standard InChI is InChI=1S/C16H18N6O6S/c1-4-7-17-13(23)10-6-5-8-18-14(10)29(25,26)22-16(24)21-15-19-11(27-2)9-12(20-15)28-3/h4-6,8-9H,1,7H2,2-3H3,(H,17,23)(H2,19,20,21,22,24). The first kappa shape index (κ1) is 21.6. The molecule has 0 aliphatic rings.